The molecule has 0 bridgehead atoms. The molecule has 0 aliphatic heterocycles. The van der Waals surface area contributed by atoms with Crippen LogP contribution in [0.25, 0.3) is 11.1 Å². The molecule has 0 saturated carbocycles. The molecular weight excluding hydrogens is 406 g/mol. The van der Waals surface area contributed by atoms with Crippen molar-refractivity contribution in [1.82, 2.24) is 9.47 Å². The maximum Gasteiger partial charge on any atom is 0.419 e. The summed E-state index contributed by atoms with van der Waals surface area (Å²) >= 11 is 0. The van der Waals surface area contributed by atoms with Gasteiger partial charge in [0, 0.05) is 38.7 Å². The van der Waals surface area contributed by atoms with E-state index in [0.717, 1.165) is 0 Å². The Balaban J connectivity index is 1.66. The lowest BCUT2D eigenvalue weighted by Gasteiger charge is -2.21. The molecule has 2 aromatic carbocycles. The summed E-state index contributed by atoms with van der Waals surface area (Å²) < 4.78 is 11.8. The van der Waals surface area contributed by atoms with E-state index in [1.807, 2.05) is 0 Å². The number of likely N-dealkylation sites (N-methyl/N-ethyl adjacent to an activating group) is 1. The van der Waals surface area contributed by atoms with E-state index in [4.69, 9.17) is 9.15 Å². The molecule has 10 heteroatoms. The molecule has 10 nitrogen and oxygen atoms in total. The molecule has 0 saturated heterocycles. The second kappa shape index (κ2) is 9.24. The monoisotopic (exact) mass is 427 g/mol. The van der Waals surface area contributed by atoms with Crippen molar-refractivity contribution < 1.29 is 23.7 Å². The molecule has 3 rings (SSSR count). The standard InChI is InChI=1S/C21H21N3O7/c1-22(2)20(26)19(14-7-4-3-5-8-14)31-18(25)9-6-12-23-16-11-10-15(24(28)29)13-17(16)30-21(23)27/h3-5,7-8,10-11,13,19H,6,9,12H2,1-2H3. The summed E-state index contributed by atoms with van der Waals surface area (Å²) in [5.41, 5.74) is 0.874. The Morgan fingerprint density at radius 3 is 2.55 bits per heavy atom. The van der Waals surface area contributed by atoms with Crippen LogP contribution in [0.15, 0.2) is 57.7 Å². The molecule has 1 aromatic heterocycles. The van der Waals surface area contributed by atoms with Gasteiger partial charge in [-0.1, -0.05) is 30.3 Å². The topological polar surface area (TPSA) is 125 Å². The first-order valence-corrected chi connectivity index (χ1v) is 9.51. The van der Waals surface area contributed by atoms with E-state index in [1.54, 1.807) is 44.4 Å². The molecule has 0 aliphatic carbocycles. The molecule has 0 spiro atoms. The first kappa shape index (κ1) is 21.8. The highest BCUT2D eigenvalue weighted by Crippen LogP contribution is 2.22. The van der Waals surface area contributed by atoms with Gasteiger partial charge in [-0.05, 0) is 12.5 Å². The normalized spacial score (nSPS) is 11.8. The van der Waals surface area contributed by atoms with Crippen molar-refractivity contribution in [2.75, 3.05) is 14.1 Å². The van der Waals surface area contributed by atoms with Gasteiger partial charge in [-0.15, -0.1) is 0 Å². The molecule has 1 heterocycles. The molecule has 1 atom stereocenters. The fourth-order valence-corrected chi connectivity index (χ4v) is 3.08. The van der Waals surface area contributed by atoms with Crippen LogP contribution in [0.5, 0.6) is 0 Å². The fourth-order valence-electron chi connectivity index (χ4n) is 3.08. The summed E-state index contributed by atoms with van der Waals surface area (Å²) in [4.78, 5) is 48.5. The first-order valence-electron chi connectivity index (χ1n) is 9.51. The number of nitro groups is 1. The van der Waals surface area contributed by atoms with Gasteiger partial charge in [0.05, 0.1) is 16.5 Å². The van der Waals surface area contributed by atoms with E-state index in [1.165, 1.54) is 27.7 Å². The van der Waals surface area contributed by atoms with Crippen molar-refractivity contribution in [2.45, 2.75) is 25.5 Å². The number of ether oxygens (including phenoxy) is 1. The number of non-ortho nitro benzene ring substituents is 1. The predicted octanol–water partition coefficient (Wildman–Crippen LogP) is 2.66. The Kier molecular flexibility index (Phi) is 6.49. The van der Waals surface area contributed by atoms with Gasteiger partial charge in [0.25, 0.3) is 11.6 Å². The molecule has 0 fully saturated rings. The third-order valence-electron chi connectivity index (χ3n) is 4.64. The van der Waals surface area contributed by atoms with Gasteiger partial charge >= 0.3 is 11.7 Å². The zero-order valence-electron chi connectivity index (χ0n) is 17.0. The average molecular weight is 427 g/mol. The maximum absolute atomic E-state index is 12.4. The molecular formula is C21H21N3O7. The van der Waals surface area contributed by atoms with Crippen molar-refractivity contribution in [2.24, 2.45) is 0 Å². The smallest absolute Gasteiger partial charge is 0.419 e. The lowest BCUT2D eigenvalue weighted by atomic mass is 10.1. The lowest BCUT2D eigenvalue weighted by Crippen LogP contribution is -2.31. The van der Waals surface area contributed by atoms with Gasteiger partial charge in [0.15, 0.2) is 5.58 Å². The van der Waals surface area contributed by atoms with Gasteiger partial charge < -0.3 is 14.1 Å². The van der Waals surface area contributed by atoms with E-state index >= 15 is 0 Å². The number of hydrogen-bond acceptors (Lipinski definition) is 7. The number of benzene rings is 2. The van der Waals surface area contributed by atoms with Crippen LogP contribution < -0.4 is 5.76 Å². The minimum atomic E-state index is -1.05. The Labute approximate surface area is 176 Å². The van der Waals surface area contributed by atoms with Crippen LogP contribution in [0.4, 0.5) is 5.69 Å². The van der Waals surface area contributed by atoms with Crippen molar-refractivity contribution >= 4 is 28.7 Å². The Bertz CT molecular complexity index is 1160. The number of aryl methyl sites for hydroxylation is 1. The second-order valence-electron chi connectivity index (χ2n) is 7.05. The highest BCUT2D eigenvalue weighted by Gasteiger charge is 2.26. The van der Waals surface area contributed by atoms with Crippen LogP contribution in [0.2, 0.25) is 0 Å². The molecule has 0 aliphatic rings. The minimum Gasteiger partial charge on any atom is -0.447 e. The Morgan fingerprint density at radius 1 is 1.19 bits per heavy atom. The summed E-state index contributed by atoms with van der Waals surface area (Å²) in [7, 11) is 3.15. The summed E-state index contributed by atoms with van der Waals surface area (Å²) in [6.07, 6.45) is -0.834. The van der Waals surface area contributed by atoms with E-state index < -0.39 is 22.8 Å². The zero-order chi connectivity index (χ0) is 22.5. The molecule has 0 radical (unpaired) electrons. The summed E-state index contributed by atoms with van der Waals surface area (Å²) in [6.45, 7) is 0.149. The lowest BCUT2D eigenvalue weighted by molar-refractivity contribution is -0.384. The zero-order valence-corrected chi connectivity index (χ0v) is 17.0. The molecule has 1 amide bonds. The number of oxazole rings is 1. The number of nitrogens with zero attached hydrogens (tertiary/aromatic N) is 3. The highest BCUT2D eigenvalue weighted by molar-refractivity contribution is 5.84. The fraction of sp³-hybridized carbons (Fsp3) is 0.286. The number of rotatable bonds is 8. The summed E-state index contributed by atoms with van der Waals surface area (Å²) in [5.74, 6) is -1.62. The predicted molar refractivity (Wildman–Crippen MR) is 110 cm³/mol. The van der Waals surface area contributed by atoms with Gasteiger partial charge in [-0.25, -0.2) is 4.79 Å². The molecule has 162 valence electrons. The van der Waals surface area contributed by atoms with E-state index in [0.29, 0.717) is 11.1 Å². The number of nitro benzene ring substituents is 1. The minimum absolute atomic E-state index is 0.0316. The number of carbonyl (C=O) groups is 2. The number of hydrogen-bond donors (Lipinski definition) is 0. The van der Waals surface area contributed by atoms with Crippen LogP contribution in [-0.2, 0) is 20.9 Å². The van der Waals surface area contributed by atoms with Crippen LogP contribution in [0, 0.1) is 10.1 Å². The Hall–Kier alpha value is -3.95. The first-order chi connectivity index (χ1) is 14.8. The molecule has 31 heavy (non-hydrogen) atoms. The van der Waals surface area contributed by atoms with Gasteiger partial charge in [0.1, 0.15) is 0 Å². The highest BCUT2D eigenvalue weighted by atomic mass is 16.6. The van der Waals surface area contributed by atoms with Crippen molar-refractivity contribution in [3.05, 3.63) is 74.8 Å². The third-order valence-corrected chi connectivity index (χ3v) is 4.64. The number of aromatic nitrogens is 1. The van der Waals surface area contributed by atoms with E-state index in [9.17, 15) is 24.5 Å². The van der Waals surface area contributed by atoms with Crippen LogP contribution >= 0.6 is 0 Å². The number of esters is 1. The van der Waals surface area contributed by atoms with Crippen molar-refractivity contribution in [3.8, 4) is 0 Å². The van der Waals surface area contributed by atoms with Crippen molar-refractivity contribution in [3.63, 3.8) is 0 Å². The van der Waals surface area contributed by atoms with Gasteiger partial charge in [-0.3, -0.25) is 24.3 Å². The number of carbonyl (C=O) groups excluding carboxylic acids is 2. The van der Waals surface area contributed by atoms with E-state index in [-0.39, 0.29) is 36.6 Å². The van der Waals surface area contributed by atoms with Gasteiger partial charge in [0.2, 0.25) is 6.10 Å². The SMILES string of the molecule is CN(C)C(=O)C(OC(=O)CCCn1c(=O)oc2cc([N+](=O)[O-])ccc21)c1ccccc1. The van der Waals surface area contributed by atoms with Crippen molar-refractivity contribution in [1.29, 1.82) is 0 Å². The average Bonchev–Trinajstić information content (AvgIpc) is 3.06. The molecule has 3 aromatic rings. The maximum atomic E-state index is 12.4. The molecule has 0 N–H and O–H groups in total. The second-order valence-corrected chi connectivity index (χ2v) is 7.05. The number of amides is 1. The quantitative estimate of drug-likeness (QED) is 0.307. The summed E-state index contributed by atoms with van der Waals surface area (Å²) in [5, 5.41) is 10.9. The largest absolute Gasteiger partial charge is 0.447 e. The third kappa shape index (κ3) is 4.97. The Morgan fingerprint density at radius 2 is 1.90 bits per heavy atom. The van der Waals surface area contributed by atoms with Gasteiger partial charge in [-0.2, -0.15) is 0 Å². The van der Waals surface area contributed by atoms with E-state index in [2.05, 4.69) is 0 Å². The number of fused-ring (bicyclic) bond motifs is 1. The van der Waals surface area contributed by atoms with Crippen LogP contribution in [-0.4, -0.2) is 40.4 Å². The summed E-state index contributed by atoms with van der Waals surface area (Å²) in [6, 6.07) is 12.6. The van der Waals surface area contributed by atoms with Crippen LogP contribution in [0.3, 0.4) is 0 Å². The molecule has 1 unspecified atom stereocenters. The van der Waals surface area contributed by atoms with Crippen LogP contribution in [0.1, 0.15) is 24.5 Å².